The predicted molar refractivity (Wildman–Crippen MR) is 86.2 cm³/mol. The molecule has 0 aliphatic carbocycles. The molecule has 122 valence electrons. The van der Waals surface area contributed by atoms with E-state index in [0.29, 0.717) is 5.76 Å². The fourth-order valence-corrected chi connectivity index (χ4v) is 1.88. The molecule has 0 saturated heterocycles. The lowest BCUT2D eigenvalue weighted by Crippen LogP contribution is -2.41. The minimum absolute atomic E-state index is 0.124. The first-order chi connectivity index (χ1) is 9.34. The van der Waals surface area contributed by atoms with Crippen molar-refractivity contribution in [2.24, 2.45) is 0 Å². The van der Waals surface area contributed by atoms with Crippen LogP contribution in [-0.2, 0) is 19.1 Å². The third kappa shape index (κ3) is 10.3. The number of hydrogen-bond acceptors (Lipinski definition) is 4. The van der Waals surface area contributed by atoms with Gasteiger partial charge in [0.2, 0.25) is 5.91 Å². The molecular weight excluding hydrogens is 338 g/mol. The number of halogens is 1. The smallest absolute Gasteiger partial charge is 0.326 e. The first kappa shape index (κ1) is 20.0. The van der Waals surface area contributed by atoms with Crippen LogP contribution in [0.1, 0.15) is 41.5 Å². The lowest BCUT2D eigenvalue weighted by molar-refractivity contribution is -0.158. The largest absolute Gasteiger partial charge is 0.491 e. The Morgan fingerprint density at radius 1 is 1.00 bits per heavy atom. The maximum atomic E-state index is 11.9. The second kappa shape index (κ2) is 7.82. The molecule has 0 radical (unpaired) electrons. The molecule has 1 amide bonds. The number of nitrogens with zero attached hydrogens (tertiary/aromatic N) is 1. The Hall–Kier alpha value is -1.04. The molecule has 0 rings (SSSR count). The molecule has 0 bridgehead atoms. The number of carbonyl (C=O) groups is 2. The number of esters is 1. The number of rotatable bonds is 6. The van der Waals surface area contributed by atoms with Crippen LogP contribution in [-0.4, -0.2) is 46.4 Å². The molecule has 0 heterocycles. The zero-order valence-corrected chi connectivity index (χ0v) is 15.4. The van der Waals surface area contributed by atoms with Crippen LogP contribution in [0.4, 0.5) is 0 Å². The summed E-state index contributed by atoms with van der Waals surface area (Å²) in [5.74, 6) is -0.250. The second-order valence-electron chi connectivity index (χ2n) is 6.72. The monoisotopic (exact) mass is 363 g/mol. The Balaban J connectivity index is 4.72. The summed E-state index contributed by atoms with van der Waals surface area (Å²) in [6.07, 6.45) is 0. The summed E-state index contributed by atoms with van der Waals surface area (Å²) in [5, 5.41) is 0.124. The Kier molecular flexibility index (Phi) is 7.44. The van der Waals surface area contributed by atoms with Crippen LogP contribution in [0, 0.1) is 0 Å². The lowest BCUT2D eigenvalue weighted by atomic mass is 10.2. The molecule has 0 aromatic heterocycles. The minimum Gasteiger partial charge on any atom is -0.491 e. The van der Waals surface area contributed by atoms with E-state index in [1.54, 1.807) is 20.8 Å². The van der Waals surface area contributed by atoms with Crippen molar-refractivity contribution in [3.8, 4) is 0 Å². The van der Waals surface area contributed by atoms with Crippen LogP contribution in [0.15, 0.2) is 12.3 Å². The zero-order chi connectivity index (χ0) is 16.8. The maximum absolute atomic E-state index is 11.9. The summed E-state index contributed by atoms with van der Waals surface area (Å²) >= 11 is 3.10. The van der Waals surface area contributed by atoms with Crippen LogP contribution < -0.4 is 0 Å². The summed E-state index contributed by atoms with van der Waals surface area (Å²) in [6.45, 7) is 14.8. The molecule has 0 aromatic carbocycles. The van der Waals surface area contributed by atoms with E-state index < -0.39 is 17.2 Å². The average Bonchev–Trinajstić information content (AvgIpc) is 2.21. The lowest BCUT2D eigenvalue weighted by Gasteiger charge is -2.28. The SMILES string of the molecule is C=C(CN(CC(=O)OC(C)(C)C)C(=O)CBr)OC(C)(C)C. The summed E-state index contributed by atoms with van der Waals surface area (Å²) in [4.78, 5) is 25.1. The molecule has 0 aliphatic heterocycles. The van der Waals surface area contributed by atoms with Gasteiger partial charge in [-0.2, -0.15) is 0 Å². The Morgan fingerprint density at radius 2 is 1.48 bits per heavy atom. The fourth-order valence-electron chi connectivity index (χ4n) is 1.52. The van der Waals surface area contributed by atoms with Gasteiger partial charge >= 0.3 is 5.97 Å². The summed E-state index contributed by atoms with van der Waals surface area (Å²) in [5.41, 5.74) is -0.981. The first-order valence-electron chi connectivity index (χ1n) is 6.76. The Labute approximate surface area is 135 Å². The first-order valence-corrected chi connectivity index (χ1v) is 7.88. The van der Waals surface area contributed by atoms with Crippen LogP contribution in [0.25, 0.3) is 0 Å². The number of hydrogen-bond donors (Lipinski definition) is 0. The molecule has 5 nitrogen and oxygen atoms in total. The van der Waals surface area contributed by atoms with Crippen molar-refractivity contribution in [3.05, 3.63) is 12.3 Å². The third-order valence-corrected chi connectivity index (χ3v) is 2.50. The van der Waals surface area contributed by atoms with Gasteiger partial charge in [-0.15, -0.1) is 0 Å². The molecule has 0 unspecified atom stereocenters. The number of amides is 1. The Morgan fingerprint density at radius 3 is 1.86 bits per heavy atom. The van der Waals surface area contributed by atoms with Gasteiger partial charge in [-0.3, -0.25) is 9.59 Å². The standard InChI is InChI=1S/C15H26BrNO4/c1-11(20-14(2,3)4)9-17(12(18)8-16)10-13(19)21-15(5,6)7/h1,8-10H2,2-7H3. The van der Waals surface area contributed by atoms with Crippen LogP contribution >= 0.6 is 15.9 Å². The topological polar surface area (TPSA) is 55.8 Å². The molecule has 0 fully saturated rings. The fraction of sp³-hybridized carbons (Fsp3) is 0.733. The van der Waals surface area contributed by atoms with E-state index in [9.17, 15) is 9.59 Å². The summed E-state index contributed by atoms with van der Waals surface area (Å²) in [7, 11) is 0. The highest BCUT2D eigenvalue weighted by atomic mass is 79.9. The van der Waals surface area contributed by atoms with Crippen molar-refractivity contribution in [1.82, 2.24) is 4.90 Å². The van der Waals surface area contributed by atoms with Gasteiger partial charge in [-0.05, 0) is 41.5 Å². The quantitative estimate of drug-likeness (QED) is 0.413. The minimum atomic E-state index is -0.584. The molecule has 0 N–H and O–H groups in total. The number of carbonyl (C=O) groups excluding carboxylic acids is 2. The van der Waals surface area contributed by atoms with Crippen LogP contribution in [0.2, 0.25) is 0 Å². The normalized spacial score (nSPS) is 11.8. The molecule has 6 heteroatoms. The van der Waals surface area contributed by atoms with Crippen molar-refractivity contribution >= 4 is 27.8 Å². The van der Waals surface area contributed by atoms with E-state index in [2.05, 4.69) is 22.5 Å². The molecular formula is C15H26BrNO4. The van der Waals surface area contributed by atoms with Gasteiger partial charge in [0.15, 0.2) is 0 Å². The molecule has 21 heavy (non-hydrogen) atoms. The number of alkyl halides is 1. The van der Waals surface area contributed by atoms with E-state index in [-0.39, 0.29) is 24.3 Å². The van der Waals surface area contributed by atoms with Crippen molar-refractivity contribution < 1.29 is 19.1 Å². The summed E-state index contributed by atoms with van der Waals surface area (Å²) in [6, 6.07) is 0. The highest BCUT2D eigenvalue weighted by molar-refractivity contribution is 9.09. The van der Waals surface area contributed by atoms with Crippen molar-refractivity contribution in [1.29, 1.82) is 0 Å². The van der Waals surface area contributed by atoms with E-state index in [0.717, 1.165) is 0 Å². The van der Waals surface area contributed by atoms with E-state index >= 15 is 0 Å². The van der Waals surface area contributed by atoms with Gasteiger partial charge in [0, 0.05) is 0 Å². The second-order valence-corrected chi connectivity index (χ2v) is 7.28. The number of ether oxygens (including phenoxy) is 2. The molecule has 0 atom stereocenters. The maximum Gasteiger partial charge on any atom is 0.326 e. The van der Waals surface area contributed by atoms with Gasteiger partial charge in [-0.1, -0.05) is 22.5 Å². The zero-order valence-electron chi connectivity index (χ0n) is 13.8. The average molecular weight is 364 g/mol. The summed E-state index contributed by atoms with van der Waals surface area (Å²) < 4.78 is 10.8. The van der Waals surface area contributed by atoms with Crippen LogP contribution in [0.5, 0.6) is 0 Å². The van der Waals surface area contributed by atoms with Crippen molar-refractivity contribution in [3.63, 3.8) is 0 Å². The van der Waals surface area contributed by atoms with E-state index in [1.807, 2.05) is 20.8 Å². The molecule has 0 aliphatic rings. The highest BCUT2D eigenvalue weighted by Crippen LogP contribution is 2.14. The van der Waals surface area contributed by atoms with Gasteiger partial charge in [0.1, 0.15) is 23.5 Å². The van der Waals surface area contributed by atoms with Crippen molar-refractivity contribution in [2.45, 2.75) is 52.7 Å². The molecule has 0 saturated carbocycles. The van der Waals surface area contributed by atoms with Gasteiger partial charge < -0.3 is 14.4 Å². The van der Waals surface area contributed by atoms with Gasteiger partial charge in [0.25, 0.3) is 0 Å². The third-order valence-electron chi connectivity index (χ3n) is 2.02. The van der Waals surface area contributed by atoms with E-state index in [1.165, 1.54) is 4.90 Å². The Bertz CT molecular complexity index is 363. The molecule has 0 spiro atoms. The highest BCUT2D eigenvalue weighted by Gasteiger charge is 2.23. The molecule has 0 aromatic rings. The van der Waals surface area contributed by atoms with E-state index in [4.69, 9.17) is 9.47 Å². The van der Waals surface area contributed by atoms with Crippen LogP contribution in [0.3, 0.4) is 0 Å². The predicted octanol–water partition coefficient (Wildman–Crippen LogP) is 2.88. The van der Waals surface area contributed by atoms with Crippen molar-refractivity contribution in [2.75, 3.05) is 18.4 Å². The van der Waals surface area contributed by atoms with Gasteiger partial charge in [-0.25, -0.2) is 0 Å². The van der Waals surface area contributed by atoms with Gasteiger partial charge in [0.05, 0.1) is 11.9 Å².